The average molecular weight is 206 g/mol. The molecule has 0 fully saturated rings. The minimum Gasteiger partial charge on any atom is -0.396 e. The number of aryl methyl sites for hydroxylation is 1. The lowest BCUT2D eigenvalue weighted by Crippen LogP contribution is -2.29. The van der Waals surface area contributed by atoms with Crippen molar-refractivity contribution in [3.8, 4) is 0 Å². The summed E-state index contributed by atoms with van der Waals surface area (Å²) in [5.74, 6) is 0. The molecule has 0 unspecified atom stereocenters. The molecule has 2 heteroatoms. The molecule has 2 nitrogen and oxygen atoms in total. The van der Waals surface area contributed by atoms with Gasteiger partial charge in [-0.25, -0.2) is 0 Å². The Bertz CT molecular complexity index is 367. The van der Waals surface area contributed by atoms with Gasteiger partial charge in [-0.1, -0.05) is 30.7 Å². The van der Waals surface area contributed by atoms with Gasteiger partial charge in [0.15, 0.2) is 0 Å². The number of aliphatic hydroxyl groups excluding tert-OH is 2. The molecule has 2 rings (SSSR count). The normalized spacial score (nSPS) is 29.2. The van der Waals surface area contributed by atoms with Gasteiger partial charge in [0.1, 0.15) is 0 Å². The van der Waals surface area contributed by atoms with Crippen LogP contribution in [-0.2, 0) is 6.42 Å². The van der Waals surface area contributed by atoms with E-state index in [1.807, 2.05) is 19.9 Å². The van der Waals surface area contributed by atoms with Crippen LogP contribution >= 0.6 is 0 Å². The van der Waals surface area contributed by atoms with Gasteiger partial charge in [-0.15, -0.1) is 0 Å². The van der Waals surface area contributed by atoms with Crippen molar-refractivity contribution in [2.24, 2.45) is 5.41 Å². The fourth-order valence-corrected chi connectivity index (χ4v) is 2.51. The van der Waals surface area contributed by atoms with Crippen LogP contribution in [0.5, 0.6) is 0 Å². The van der Waals surface area contributed by atoms with Gasteiger partial charge in [0, 0.05) is 5.41 Å². The Kier molecular flexibility index (Phi) is 2.57. The van der Waals surface area contributed by atoms with Gasteiger partial charge in [0.25, 0.3) is 0 Å². The summed E-state index contributed by atoms with van der Waals surface area (Å²) in [6.07, 6.45) is 1.08. The number of hydrogen-bond donors (Lipinski definition) is 2. The third kappa shape index (κ3) is 1.48. The van der Waals surface area contributed by atoms with Crippen molar-refractivity contribution in [1.82, 2.24) is 0 Å². The summed E-state index contributed by atoms with van der Waals surface area (Å²) >= 11 is 0. The van der Waals surface area contributed by atoms with E-state index in [0.29, 0.717) is 0 Å². The minimum atomic E-state index is -0.512. The van der Waals surface area contributed by atoms with Crippen LogP contribution in [0.15, 0.2) is 18.2 Å². The van der Waals surface area contributed by atoms with E-state index < -0.39 is 6.10 Å². The van der Waals surface area contributed by atoms with E-state index in [1.165, 1.54) is 5.56 Å². The maximum atomic E-state index is 10.3. The van der Waals surface area contributed by atoms with Crippen LogP contribution < -0.4 is 0 Å². The second kappa shape index (κ2) is 3.62. The lowest BCUT2D eigenvalue weighted by atomic mass is 9.81. The Morgan fingerprint density at radius 3 is 2.80 bits per heavy atom. The molecule has 0 amide bonds. The van der Waals surface area contributed by atoms with Gasteiger partial charge < -0.3 is 10.2 Å². The third-order valence-corrected chi connectivity index (χ3v) is 3.74. The summed E-state index contributed by atoms with van der Waals surface area (Å²) in [4.78, 5) is 0. The molecular formula is C13H18O2. The van der Waals surface area contributed by atoms with Gasteiger partial charge in [-0.05, 0) is 30.9 Å². The second-order valence-electron chi connectivity index (χ2n) is 4.66. The van der Waals surface area contributed by atoms with Crippen molar-refractivity contribution >= 4 is 0 Å². The van der Waals surface area contributed by atoms with Crippen molar-refractivity contribution < 1.29 is 10.2 Å². The summed E-state index contributed by atoms with van der Waals surface area (Å²) in [5.41, 5.74) is 3.00. The Hall–Kier alpha value is -0.860. The van der Waals surface area contributed by atoms with E-state index in [2.05, 4.69) is 12.1 Å². The summed E-state index contributed by atoms with van der Waals surface area (Å²) < 4.78 is 0. The predicted octanol–water partition coefficient (Wildman–Crippen LogP) is 1.97. The molecule has 2 N–H and O–H groups in total. The smallest absolute Gasteiger partial charge is 0.0874 e. The van der Waals surface area contributed by atoms with Crippen LogP contribution in [0.4, 0.5) is 0 Å². The third-order valence-electron chi connectivity index (χ3n) is 3.74. The fraction of sp³-hybridized carbons (Fsp3) is 0.538. The van der Waals surface area contributed by atoms with E-state index >= 15 is 0 Å². The number of aliphatic hydroxyl groups is 2. The molecule has 0 saturated heterocycles. The zero-order valence-corrected chi connectivity index (χ0v) is 9.33. The molecule has 1 aromatic rings. The summed E-state index contributed by atoms with van der Waals surface area (Å²) in [6.45, 7) is 4.11. The minimum absolute atomic E-state index is 0.0540. The van der Waals surface area contributed by atoms with Crippen LogP contribution in [0.3, 0.4) is 0 Å². The average Bonchev–Trinajstić information content (AvgIpc) is 2.53. The standard InChI is InChI=1S/C13H18O2/c1-3-13(8-14)7-10-5-4-9(2)6-11(10)12(13)15/h4-6,12,14-15H,3,7-8H2,1-2H3/t12-,13+/m0/s1. The van der Waals surface area contributed by atoms with Crippen LogP contribution in [0, 0.1) is 12.3 Å². The molecule has 0 aliphatic heterocycles. The first-order valence-corrected chi connectivity index (χ1v) is 5.51. The molecule has 2 atom stereocenters. The van der Waals surface area contributed by atoms with Crippen LogP contribution in [0.2, 0.25) is 0 Å². The van der Waals surface area contributed by atoms with Crippen LogP contribution in [0.1, 0.15) is 36.1 Å². The zero-order valence-electron chi connectivity index (χ0n) is 9.33. The van der Waals surface area contributed by atoms with E-state index in [-0.39, 0.29) is 12.0 Å². The van der Waals surface area contributed by atoms with Gasteiger partial charge in [-0.2, -0.15) is 0 Å². The van der Waals surface area contributed by atoms with Crippen molar-refractivity contribution in [3.05, 3.63) is 34.9 Å². The van der Waals surface area contributed by atoms with E-state index in [1.54, 1.807) is 0 Å². The number of rotatable bonds is 2. The SMILES string of the molecule is CC[C@]1(CO)Cc2ccc(C)cc2[C@@H]1O. The highest BCUT2D eigenvalue weighted by Gasteiger charge is 2.43. The highest BCUT2D eigenvalue weighted by molar-refractivity contribution is 5.39. The maximum absolute atomic E-state index is 10.3. The van der Waals surface area contributed by atoms with Gasteiger partial charge in [0.2, 0.25) is 0 Å². The molecule has 1 aromatic carbocycles. The highest BCUT2D eigenvalue weighted by atomic mass is 16.3. The van der Waals surface area contributed by atoms with Crippen LogP contribution in [0.25, 0.3) is 0 Å². The fourth-order valence-electron chi connectivity index (χ4n) is 2.51. The highest BCUT2D eigenvalue weighted by Crippen LogP contribution is 2.47. The molecule has 0 aromatic heterocycles. The van der Waals surface area contributed by atoms with Gasteiger partial charge in [0.05, 0.1) is 12.7 Å². The monoisotopic (exact) mass is 206 g/mol. The van der Waals surface area contributed by atoms with E-state index in [0.717, 1.165) is 24.0 Å². The van der Waals surface area contributed by atoms with Crippen molar-refractivity contribution in [3.63, 3.8) is 0 Å². The van der Waals surface area contributed by atoms with Crippen molar-refractivity contribution in [1.29, 1.82) is 0 Å². The second-order valence-corrected chi connectivity index (χ2v) is 4.66. The number of benzene rings is 1. The first-order chi connectivity index (χ1) is 7.13. The Morgan fingerprint density at radius 1 is 1.47 bits per heavy atom. The van der Waals surface area contributed by atoms with Crippen molar-refractivity contribution in [2.45, 2.75) is 32.8 Å². The number of hydrogen-bond acceptors (Lipinski definition) is 2. The Labute approximate surface area is 90.6 Å². The Balaban J connectivity index is 2.44. The summed E-state index contributed by atoms with van der Waals surface area (Å²) in [7, 11) is 0. The molecule has 1 aliphatic rings. The van der Waals surface area contributed by atoms with E-state index in [9.17, 15) is 10.2 Å². The topological polar surface area (TPSA) is 40.5 Å². The first-order valence-electron chi connectivity index (χ1n) is 5.51. The Morgan fingerprint density at radius 2 is 2.20 bits per heavy atom. The lowest BCUT2D eigenvalue weighted by molar-refractivity contribution is -0.00854. The molecule has 15 heavy (non-hydrogen) atoms. The summed E-state index contributed by atoms with van der Waals surface area (Å²) in [6, 6.07) is 6.17. The van der Waals surface area contributed by atoms with Crippen LogP contribution in [-0.4, -0.2) is 16.8 Å². The molecule has 0 spiro atoms. The largest absolute Gasteiger partial charge is 0.396 e. The lowest BCUT2D eigenvalue weighted by Gasteiger charge is -2.29. The molecule has 0 saturated carbocycles. The van der Waals surface area contributed by atoms with Gasteiger partial charge in [-0.3, -0.25) is 0 Å². The predicted molar refractivity (Wildman–Crippen MR) is 59.7 cm³/mol. The first kappa shape index (κ1) is 10.7. The molecule has 0 heterocycles. The molecule has 0 bridgehead atoms. The maximum Gasteiger partial charge on any atom is 0.0874 e. The number of fused-ring (bicyclic) bond motifs is 1. The van der Waals surface area contributed by atoms with E-state index in [4.69, 9.17) is 0 Å². The van der Waals surface area contributed by atoms with Crippen molar-refractivity contribution in [2.75, 3.05) is 6.61 Å². The molecule has 1 aliphatic carbocycles. The van der Waals surface area contributed by atoms with Gasteiger partial charge >= 0.3 is 0 Å². The summed E-state index contributed by atoms with van der Waals surface area (Å²) in [5, 5.41) is 19.7. The quantitative estimate of drug-likeness (QED) is 0.776. The molecule has 82 valence electrons. The molecular weight excluding hydrogens is 188 g/mol. The molecule has 0 radical (unpaired) electrons. The zero-order chi connectivity index (χ0) is 11.1.